The molecule has 1 N–H and O–H groups in total. The molecule has 112 valence electrons. The zero-order valence-corrected chi connectivity index (χ0v) is 13.5. The topological polar surface area (TPSA) is 32.3 Å². The predicted molar refractivity (Wildman–Crippen MR) is 90.1 cm³/mol. The van der Waals surface area contributed by atoms with Crippen LogP contribution in [-0.4, -0.2) is 30.9 Å². The summed E-state index contributed by atoms with van der Waals surface area (Å²) in [4.78, 5) is 14.7. The van der Waals surface area contributed by atoms with Crippen LogP contribution >= 0.6 is 11.3 Å². The van der Waals surface area contributed by atoms with E-state index in [0.717, 1.165) is 18.6 Å². The molecular formula is C17H22N2OS. The van der Waals surface area contributed by atoms with Gasteiger partial charge in [-0.3, -0.25) is 4.79 Å². The quantitative estimate of drug-likeness (QED) is 0.868. The molecule has 1 aromatic carbocycles. The molecule has 2 aromatic rings. The first kappa shape index (κ1) is 14.5. The van der Waals surface area contributed by atoms with Gasteiger partial charge < -0.3 is 10.2 Å². The Kier molecular flexibility index (Phi) is 4.27. The van der Waals surface area contributed by atoms with E-state index in [1.54, 1.807) is 0 Å². The van der Waals surface area contributed by atoms with Crippen molar-refractivity contribution in [3.05, 3.63) is 29.1 Å². The Morgan fingerprint density at radius 3 is 3.05 bits per heavy atom. The lowest BCUT2D eigenvalue weighted by Gasteiger charge is -2.35. The molecular weight excluding hydrogens is 280 g/mol. The van der Waals surface area contributed by atoms with E-state index in [1.807, 2.05) is 23.5 Å². The number of rotatable bonds is 4. The van der Waals surface area contributed by atoms with Crippen molar-refractivity contribution in [2.45, 2.75) is 26.2 Å². The molecule has 4 heteroatoms. The maximum absolute atomic E-state index is 10.7. The first-order chi connectivity index (χ1) is 10.2. The number of nitrogens with one attached hydrogen (secondary N) is 1. The molecule has 0 radical (unpaired) electrons. The normalized spacial score (nSPS) is 23.3. The van der Waals surface area contributed by atoms with E-state index >= 15 is 0 Å². The Balaban J connectivity index is 1.91. The van der Waals surface area contributed by atoms with Gasteiger partial charge in [0, 0.05) is 27.2 Å². The van der Waals surface area contributed by atoms with Crippen LogP contribution in [0.1, 0.15) is 31.1 Å². The summed E-state index contributed by atoms with van der Waals surface area (Å²) in [5.41, 5.74) is 0.920. The average Bonchev–Trinajstić information content (AvgIpc) is 2.92. The molecule has 2 heterocycles. The van der Waals surface area contributed by atoms with E-state index in [1.165, 1.54) is 34.5 Å². The summed E-state index contributed by atoms with van der Waals surface area (Å²) in [5, 5.41) is 3.99. The smallest absolute Gasteiger partial charge is 0.211 e. The number of hydrogen-bond acceptors (Lipinski definition) is 3. The van der Waals surface area contributed by atoms with Gasteiger partial charge in [-0.2, -0.15) is 0 Å². The third-order valence-corrected chi connectivity index (χ3v) is 5.83. The summed E-state index contributed by atoms with van der Waals surface area (Å²) in [6.07, 6.45) is 1.99. The van der Waals surface area contributed by atoms with Crippen molar-refractivity contribution in [3.8, 4) is 0 Å². The molecule has 2 atom stereocenters. The van der Waals surface area contributed by atoms with E-state index in [9.17, 15) is 4.79 Å². The molecule has 1 saturated heterocycles. The van der Waals surface area contributed by atoms with Crippen LogP contribution in [0, 0.1) is 5.92 Å². The monoisotopic (exact) mass is 302 g/mol. The predicted octanol–water partition coefficient (Wildman–Crippen LogP) is 3.91. The molecule has 0 aliphatic carbocycles. The third-order valence-electron chi connectivity index (χ3n) is 4.60. The van der Waals surface area contributed by atoms with E-state index < -0.39 is 0 Å². The third kappa shape index (κ3) is 2.83. The molecule has 1 fully saturated rings. The van der Waals surface area contributed by atoms with Crippen LogP contribution in [0.3, 0.4) is 0 Å². The fourth-order valence-corrected chi connectivity index (χ4v) is 4.75. The number of fused-ring (bicyclic) bond motifs is 1. The number of piperidine rings is 1. The number of carbonyl (C=O) groups is 1. The molecule has 1 aromatic heterocycles. The second-order valence-electron chi connectivity index (χ2n) is 5.89. The first-order valence-corrected chi connectivity index (χ1v) is 8.49. The minimum Gasteiger partial charge on any atom is -0.328 e. The standard InChI is InChI=1S/C17H22N2OS/c1-3-19-8-7-13(12(2)10-19)17-9-14-15(18-11-20)5-4-6-16(14)21-17/h4-6,9,11-13H,3,7-8,10H2,1-2H3,(H,18,20). The number of likely N-dealkylation sites (tertiary alicyclic amines) is 1. The van der Waals surface area contributed by atoms with Gasteiger partial charge in [0.15, 0.2) is 0 Å². The van der Waals surface area contributed by atoms with Crippen molar-refractivity contribution in [2.75, 3.05) is 25.0 Å². The van der Waals surface area contributed by atoms with Gasteiger partial charge in [0.05, 0.1) is 0 Å². The first-order valence-electron chi connectivity index (χ1n) is 7.68. The van der Waals surface area contributed by atoms with Gasteiger partial charge >= 0.3 is 0 Å². The van der Waals surface area contributed by atoms with Crippen molar-refractivity contribution in [3.63, 3.8) is 0 Å². The summed E-state index contributed by atoms with van der Waals surface area (Å²) >= 11 is 1.88. The van der Waals surface area contributed by atoms with Crippen LogP contribution in [0.25, 0.3) is 10.1 Å². The van der Waals surface area contributed by atoms with Crippen molar-refractivity contribution in [1.82, 2.24) is 4.90 Å². The molecule has 1 aliphatic heterocycles. The molecule has 0 spiro atoms. The van der Waals surface area contributed by atoms with Crippen LogP contribution in [0.2, 0.25) is 0 Å². The van der Waals surface area contributed by atoms with Crippen LogP contribution in [0.15, 0.2) is 24.3 Å². The molecule has 3 rings (SSSR count). The number of benzene rings is 1. The van der Waals surface area contributed by atoms with Gasteiger partial charge in [-0.15, -0.1) is 11.3 Å². The minimum absolute atomic E-state index is 0.647. The molecule has 21 heavy (non-hydrogen) atoms. The van der Waals surface area contributed by atoms with E-state index in [4.69, 9.17) is 0 Å². The van der Waals surface area contributed by atoms with Crippen LogP contribution in [0.4, 0.5) is 5.69 Å². The fraction of sp³-hybridized carbons (Fsp3) is 0.471. The molecule has 0 bridgehead atoms. The van der Waals surface area contributed by atoms with E-state index in [-0.39, 0.29) is 0 Å². The molecule has 2 unspecified atom stereocenters. The zero-order chi connectivity index (χ0) is 14.8. The van der Waals surface area contributed by atoms with Crippen molar-refractivity contribution in [1.29, 1.82) is 0 Å². The number of hydrogen-bond donors (Lipinski definition) is 1. The van der Waals surface area contributed by atoms with Gasteiger partial charge in [0.2, 0.25) is 6.41 Å². The van der Waals surface area contributed by atoms with Crippen LogP contribution < -0.4 is 5.32 Å². The highest BCUT2D eigenvalue weighted by Crippen LogP contribution is 2.40. The fourth-order valence-electron chi connectivity index (χ4n) is 3.39. The van der Waals surface area contributed by atoms with Gasteiger partial charge in [0.1, 0.15) is 0 Å². The van der Waals surface area contributed by atoms with Gasteiger partial charge in [-0.25, -0.2) is 0 Å². The van der Waals surface area contributed by atoms with Gasteiger partial charge in [-0.1, -0.05) is 19.9 Å². The summed E-state index contributed by atoms with van der Waals surface area (Å²) < 4.78 is 1.27. The highest BCUT2D eigenvalue weighted by Gasteiger charge is 2.27. The Labute approximate surface area is 130 Å². The highest BCUT2D eigenvalue weighted by molar-refractivity contribution is 7.19. The maximum atomic E-state index is 10.7. The molecule has 1 aliphatic rings. The van der Waals surface area contributed by atoms with Crippen molar-refractivity contribution < 1.29 is 4.79 Å². The summed E-state index contributed by atoms with van der Waals surface area (Å²) in [6.45, 7) is 8.14. The van der Waals surface area contributed by atoms with Crippen LogP contribution in [0.5, 0.6) is 0 Å². The van der Waals surface area contributed by atoms with E-state index in [0.29, 0.717) is 11.8 Å². The average molecular weight is 302 g/mol. The Morgan fingerprint density at radius 1 is 1.48 bits per heavy atom. The lowest BCUT2D eigenvalue weighted by atomic mass is 9.85. The second-order valence-corrected chi connectivity index (χ2v) is 7.01. The van der Waals surface area contributed by atoms with Gasteiger partial charge in [-0.05, 0) is 49.5 Å². The highest BCUT2D eigenvalue weighted by atomic mass is 32.1. The Morgan fingerprint density at radius 2 is 2.33 bits per heavy atom. The maximum Gasteiger partial charge on any atom is 0.211 e. The number of amides is 1. The molecule has 1 amide bonds. The Bertz CT molecular complexity index is 637. The minimum atomic E-state index is 0.647. The number of nitrogens with zero attached hydrogens (tertiary/aromatic N) is 1. The SMILES string of the molecule is CCN1CCC(c2cc3c(NC=O)cccc3s2)C(C)C1. The zero-order valence-electron chi connectivity index (χ0n) is 12.6. The number of anilines is 1. The van der Waals surface area contributed by atoms with Crippen molar-refractivity contribution in [2.24, 2.45) is 5.92 Å². The summed E-state index contributed by atoms with van der Waals surface area (Å²) in [5.74, 6) is 1.34. The summed E-state index contributed by atoms with van der Waals surface area (Å²) in [6, 6.07) is 8.41. The van der Waals surface area contributed by atoms with Gasteiger partial charge in [0.25, 0.3) is 0 Å². The van der Waals surface area contributed by atoms with Crippen LogP contribution in [-0.2, 0) is 4.79 Å². The largest absolute Gasteiger partial charge is 0.328 e. The summed E-state index contributed by atoms with van der Waals surface area (Å²) in [7, 11) is 0. The lowest BCUT2D eigenvalue weighted by molar-refractivity contribution is -0.105. The van der Waals surface area contributed by atoms with E-state index in [2.05, 4.69) is 36.2 Å². The van der Waals surface area contributed by atoms with Crippen molar-refractivity contribution >= 4 is 33.5 Å². The number of carbonyl (C=O) groups excluding carboxylic acids is 1. The second kappa shape index (κ2) is 6.16. The lowest BCUT2D eigenvalue weighted by Crippen LogP contribution is -2.37. The molecule has 3 nitrogen and oxygen atoms in total. The Hall–Kier alpha value is -1.39. The number of thiophene rings is 1. The molecule has 0 saturated carbocycles.